The number of para-hydroxylation sites is 1. The van der Waals surface area contributed by atoms with Gasteiger partial charge in [-0.3, -0.25) is 4.79 Å². The molecule has 4 rings (SSSR count). The number of nitrogens with zero attached hydrogens (tertiary/aromatic N) is 2. The van der Waals surface area contributed by atoms with Crippen LogP contribution in [-0.4, -0.2) is 47.2 Å². The fraction of sp³-hybridized carbons (Fsp3) is 0.273. The number of likely N-dealkylation sites (tertiary alicyclic amines) is 1. The Morgan fingerprint density at radius 2 is 2.11 bits per heavy atom. The minimum atomic E-state index is -0.463. The number of aliphatic hydroxyl groups excluding tert-OH is 1. The van der Waals surface area contributed by atoms with Crippen molar-refractivity contribution in [3.8, 4) is 17.0 Å². The normalized spacial score (nSPS) is 16.5. The van der Waals surface area contributed by atoms with Gasteiger partial charge in [0.25, 0.3) is 5.91 Å². The molecule has 0 spiro atoms. The van der Waals surface area contributed by atoms with E-state index in [4.69, 9.17) is 4.74 Å². The van der Waals surface area contributed by atoms with Gasteiger partial charge in [0, 0.05) is 23.6 Å². The van der Waals surface area contributed by atoms with Crippen LogP contribution in [0.1, 0.15) is 23.2 Å². The van der Waals surface area contributed by atoms with Gasteiger partial charge in [0.15, 0.2) is 0 Å². The van der Waals surface area contributed by atoms with E-state index in [2.05, 4.69) is 4.98 Å². The van der Waals surface area contributed by atoms with Crippen LogP contribution in [0.2, 0.25) is 0 Å². The van der Waals surface area contributed by atoms with E-state index in [0.29, 0.717) is 40.0 Å². The molecule has 0 aliphatic carbocycles. The van der Waals surface area contributed by atoms with Crippen LogP contribution in [0.25, 0.3) is 22.2 Å². The van der Waals surface area contributed by atoms with Crippen LogP contribution in [0.15, 0.2) is 48.5 Å². The molecule has 1 fully saturated rings. The summed E-state index contributed by atoms with van der Waals surface area (Å²) in [6.45, 7) is 0.543. The maximum atomic E-state index is 14.6. The molecule has 1 aliphatic rings. The Kier molecular flexibility index (Phi) is 4.96. The summed E-state index contributed by atoms with van der Waals surface area (Å²) in [5.41, 5.74) is 1.79. The molecule has 2 heterocycles. The lowest BCUT2D eigenvalue weighted by Gasteiger charge is -2.24. The second-order valence-electron chi connectivity index (χ2n) is 6.90. The van der Waals surface area contributed by atoms with Crippen molar-refractivity contribution < 1.29 is 19.0 Å². The first kappa shape index (κ1) is 18.4. The van der Waals surface area contributed by atoms with E-state index >= 15 is 0 Å². The first-order valence-electron chi connectivity index (χ1n) is 9.28. The van der Waals surface area contributed by atoms with E-state index in [0.717, 1.165) is 12.8 Å². The molecule has 0 bridgehead atoms. The maximum absolute atomic E-state index is 14.6. The van der Waals surface area contributed by atoms with Gasteiger partial charge in [-0.15, -0.1) is 0 Å². The van der Waals surface area contributed by atoms with E-state index in [1.807, 2.05) is 24.3 Å². The van der Waals surface area contributed by atoms with Crippen LogP contribution < -0.4 is 4.74 Å². The summed E-state index contributed by atoms with van der Waals surface area (Å²) in [7, 11) is 1.48. The lowest BCUT2D eigenvalue weighted by Crippen LogP contribution is -2.37. The van der Waals surface area contributed by atoms with Gasteiger partial charge >= 0.3 is 0 Å². The number of hydrogen-bond donors (Lipinski definition) is 1. The first-order valence-corrected chi connectivity index (χ1v) is 9.28. The van der Waals surface area contributed by atoms with Crippen molar-refractivity contribution in [1.29, 1.82) is 0 Å². The Labute approximate surface area is 162 Å². The number of fused-ring (bicyclic) bond motifs is 1. The van der Waals surface area contributed by atoms with Gasteiger partial charge in [0.05, 0.1) is 36.5 Å². The largest absolute Gasteiger partial charge is 0.497 e. The number of methoxy groups -OCH3 is 1. The van der Waals surface area contributed by atoms with Crippen molar-refractivity contribution in [2.75, 3.05) is 20.3 Å². The van der Waals surface area contributed by atoms with Crippen molar-refractivity contribution in [3.63, 3.8) is 0 Å². The fourth-order valence-electron chi connectivity index (χ4n) is 3.77. The standard InChI is InChI=1S/C22H21FN2O3/c1-28-15-8-9-17(19(23)11-15)21-12-18(16-6-2-3-7-20(16)24-21)22(27)25-10-4-5-14(25)13-26/h2-3,6-9,11-12,14,26H,4-5,10,13H2,1H3/t14-/m0/s1. The number of rotatable bonds is 4. The van der Waals surface area contributed by atoms with E-state index in [1.54, 1.807) is 23.1 Å². The molecule has 0 saturated carbocycles. The highest BCUT2D eigenvalue weighted by Gasteiger charge is 2.30. The summed E-state index contributed by atoms with van der Waals surface area (Å²) in [6.07, 6.45) is 1.64. The number of ether oxygens (including phenoxy) is 1. The highest BCUT2D eigenvalue weighted by molar-refractivity contribution is 6.07. The molecule has 0 radical (unpaired) electrons. The molecule has 3 aromatic rings. The molecule has 28 heavy (non-hydrogen) atoms. The molecule has 1 saturated heterocycles. The Morgan fingerprint density at radius 3 is 2.86 bits per heavy atom. The van der Waals surface area contributed by atoms with Gasteiger partial charge in [-0.1, -0.05) is 18.2 Å². The van der Waals surface area contributed by atoms with Crippen LogP contribution in [0.4, 0.5) is 4.39 Å². The molecule has 1 aromatic heterocycles. The number of aromatic nitrogens is 1. The van der Waals surface area contributed by atoms with Gasteiger partial charge in [0.2, 0.25) is 0 Å². The van der Waals surface area contributed by atoms with Crippen LogP contribution in [0, 0.1) is 5.82 Å². The number of benzene rings is 2. The summed E-state index contributed by atoms with van der Waals surface area (Å²) < 4.78 is 19.7. The van der Waals surface area contributed by atoms with Crippen LogP contribution in [0.5, 0.6) is 5.75 Å². The monoisotopic (exact) mass is 380 g/mol. The molecule has 2 aromatic carbocycles. The van der Waals surface area contributed by atoms with Gasteiger partial charge in [-0.05, 0) is 37.1 Å². The maximum Gasteiger partial charge on any atom is 0.254 e. The Morgan fingerprint density at radius 1 is 1.29 bits per heavy atom. The van der Waals surface area contributed by atoms with E-state index in [9.17, 15) is 14.3 Å². The Bertz CT molecular complexity index is 1040. The summed E-state index contributed by atoms with van der Waals surface area (Å²) in [6, 6.07) is 13.4. The zero-order chi connectivity index (χ0) is 19.7. The average molecular weight is 380 g/mol. The van der Waals surface area contributed by atoms with Crippen molar-refractivity contribution in [3.05, 3.63) is 59.9 Å². The molecular formula is C22H21FN2O3. The molecule has 1 N–H and O–H groups in total. The van der Waals surface area contributed by atoms with Crippen LogP contribution in [0.3, 0.4) is 0 Å². The molecule has 1 aliphatic heterocycles. The van der Waals surface area contributed by atoms with Gasteiger partial charge in [-0.25, -0.2) is 9.37 Å². The number of hydrogen-bond acceptors (Lipinski definition) is 4. The molecular weight excluding hydrogens is 359 g/mol. The zero-order valence-electron chi connectivity index (χ0n) is 15.6. The SMILES string of the molecule is COc1ccc(-c2cc(C(=O)N3CCC[C@H]3CO)c3ccccc3n2)c(F)c1. The number of carbonyl (C=O) groups excluding carboxylic acids is 1. The lowest BCUT2D eigenvalue weighted by atomic mass is 10.0. The predicted molar refractivity (Wildman–Crippen MR) is 105 cm³/mol. The Hall–Kier alpha value is -2.99. The number of aliphatic hydroxyl groups is 1. The summed E-state index contributed by atoms with van der Waals surface area (Å²) in [5, 5.41) is 10.3. The number of pyridine rings is 1. The predicted octanol–water partition coefficient (Wildman–Crippen LogP) is 3.65. The number of carbonyl (C=O) groups is 1. The smallest absolute Gasteiger partial charge is 0.254 e. The molecule has 1 atom stereocenters. The second-order valence-corrected chi connectivity index (χ2v) is 6.90. The third-order valence-electron chi connectivity index (χ3n) is 5.25. The van der Waals surface area contributed by atoms with Crippen LogP contribution >= 0.6 is 0 Å². The van der Waals surface area contributed by atoms with Gasteiger partial charge < -0.3 is 14.7 Å². The van der Waals surface area contributed by atoms with Crippen LogP contribution in [-0.2, 0) is 0 Å². The molecule has 6 heteroatoms. The van der Waals surface area contributed by atoms with Crippen molar-refractivity contribution in [2.45, 2.75) is 18.9 Å². The minimum absolute atomic E-state index is 0.0608. The molecule has 144 valence electrons. The van der Waals surface area contributed by atoms with E-state index in [-0.39, 0.29) is 18.6 Å². The van der Waals surface area contributed by atoms with E-state index in [1.165, 1.54) is 13.2 Å². The zero-order valence-corrected chi connectivity index (χ0v) is 15.6. The van der Waals surface area contributed by atoms with Gasteiger partial charge in [0.1, 0.15) is 11.6 Å². The third kappa shape index (κ3) is 3.20. The molecule has 0 unspecified atom stereocenters. The molecule has 5 nitrogen and oxygen atoms in total. The lowest BCUT2D eigenvalue weighted by molar-refractivity contribution is 0.0679. The topological polar surface area (TPSA) is 62.7 Å². The summed E-state index contributed by atoms with van der Waals surface area (Å²) in [5.74, 6) is -0.207. The number of amides is 1. The third-order valence-corrected chi connectivity index (χ3v) is 5.25. The highest BCUT2D eigenvalue weighted by Crippen LogP contribution is 2.30. The second kappa shape index (κ2) is 7.56. The minimum Gasteiger partial charge on any atom is -0.497 e. The summed E-state index contributed by atoms with van der Waals surface area (Å²) >= 11 is 0. The van der Waals surface area contributed by atoms with Crippen molar-refractivity contribution >= 4 is 16.8 Å². The van der Waals surface area contributed by atoms with Crippen molar-refractivity contribution in [1.82, 2.24) is 9.88 Å². The Balaban J connectivity index is 1.85. The van der Waals surface area contributed by atoms with Gasteiger partial charge in [-0.2, -0.15) is 0 Å². The van der Waals surface area contributed by atoms with E-state index < -0.39 is 5.82 Å². The quantitative estimate of drug-likeness (QED) is 0.751. The highest BCUT2D eigenvalue weighted by atomic mass is 19.1. The summed E-state index contributed by atoms with van der Waals surface area (Å²) in [4.78, 5) is 19.5. The number of halogens is 1. The average Bonchev–Trinajstić information content (AvgIpc) is 3.21. The van der Waals surface area contributed by atoms with Crippen molar-refractivity contribution in [2.24, 2.45) is 0 Å². The fourth-order valence-corrected chi connectivity index (χ4v) is 3.77. The first-order chi connectivity index (χ1) is 13.6. The molecule has 1 amide bonds.